The first-order valence-corrected chi connectivity index (χ1v) is 9.12. The molecule has 4 aliphatic rings. The van der Waals surface area contributed by atoms with Crippen LogP contribution in [0.5, 0.6) is 0 Å². The highest BCUT2D eigenvalue weighted by atomic mass is 16.5. The van der Waals surface area contributed by atoms with Crippen molar-refractivity contribution in [2.75, 3.05) is 5.32 Å². The highest BCUT2D eigenvalue weighted by Crippen LogP contribution is 2.61. The highest BCUT2D eigenvalue weighted by Gasteiger charge is 2.53. The average molecular weight is 313 g/mol. The number of nitrogens with zero attached hydrogens (tertiary/aromatic N) is 1. The third kappa shape index (κ3) is 2.54. The summed E-state index contributed by atoms with van der Waals surface area (Å²) in [5, 5.41) is 13.6. The molecule has 1 aromatic carbocycles. The van der Waals surface area contributed by atoms with Crippen molar-refractivity contribution >= 4 is 18.1 Å². The maximum Gasteiger partial charge on any atom is 0.279 e. The van der Waals surface area contributed by atoms with Gasteiger partial charge in [0.25, 0.3) is 5.69 Å². The van der Waals surface area contributed by atoms with Crippen LogP contribution in [0, 0.1) is 30.1 Å². The Bertz CT molecular complexity index is 601. The lowest BCUT2D eigenvalue weighted by Gasteiger charge is -2.59. The Kier molecular flexibility index (Phi) is 3.44. The fourth-order valence-corrected chi connectivity index (χ4v) is 6.08. The first kappa shape index (κ1) is 15.0. The first-order chi connectivity index (χ1) is 10.9. The molecule has 0 heterocycles. The molecule has 5 rings (SSSR count). The van der Waals surface area contributed by atoms with E-state index in [-0.39, 0.29) is 0 Å². The largest absolute Gasteiger partial charge is 0.377 e. The van der Waals surface area contributed by atoms with Crippen molar-refractivity contribution < 1.29 is 9.95 Å². The highest BCUT2D eigenvalue weighted by molar-refractivity contribution is 5.63. The second-order valence-corrected chi connectivity index (χ2v) is 8.57. The molecular weight excluding hydrogens is 284 g/mol. The Hall–Kier alpha value is -1.51. The molecule has 0 spiro atoms. The summed E-state index contributed by atoms with van der Waals surface area (Å²) in [6.45, 7) is 8.09. The molecule has 0 amide bonds. The van der Waals surface area contributed by atoms with E-state index in [0.29, 0.717) is 11.5 Å². The van der Waals surface area contributed by atoms with Gasteiger partial charge in [-0.3, -0.25) is 5.21 Å². The zero-order valence-electron chi connectivity index (χ0n) is 14.4. The minimum atomic E-state index is 0.441. The van der Waals surface area contributed by atoms with Gasteiger partial charge in [-0.2, -0.15) is 0 Å². The minimum Gasteiger partial charge on any atom is -0.377 e. The van der Waals surface area contributed by atoms with Crippen molar-refractivity contribution in [3.8, 4) is 0 Å². The quantitative estimate of drug-likeness (QED) is 0.364. The molecule has 1 aromatic rings. The Balaban J connectivity index is 1.60. The molecule has 0 aromatic heterocycles. The molecular formula is C20H29N2O+. The summed E-state index contributed by atoms with van der Waals surface area (Å²) in [5.41, 5.74) is 3.42. The molecule has 1 unspecified atom stereocenters. The van der Waals surface area contributed by atoms with Gasteiger partial charge in [-0.05, 0) is 87.2 Å². The predicted octanol–water partition coefficient (Wildman–Crippen LogP) is 4.75. The van der Waals surface area contributed by atoms with Crippen molar-refractivity contribution in [3.63, 3.8) is 0 Å². The van der Waals surface area contributed by atoms with Crippen molar-refractivity contribution in [1.82, 2.24) is 0 Å². The van der Waals surface area contributed by atoms with Crippen LogP contribution in [0.2, 0.25) is 0 Å². The summed E-state index contributed by atoms with van der Waals surface area (Å²) in [6.07, 6.45) is 8.60. The summed E-state index contributed by atoms with van der Waals surface area (Å²) in [6, 6.07) is 6.53. The predicted molar refractivity (Wildman–Crippen MR) is 93.7 cm³/mol. The van der Waals surface area contributed by atoms with E-state index in [2.05, 4.69) is 31.9 Å². The lowest BCUT2D eigenvalue weighted by atomic mass is 9.48. The van der Waals surface area contributed by atoms with Crippen molar-refractivity contribution in [1.29, 1.82) is 0 Å². The number of hydrogen-bond acceptors (Lipinski definition) is 2. The zero-order valence-corrected chi connectivity index (χ0v) is 14.4. The van der Waals surface area contributed by atoms with Gasteiger partial charge in [-0.1, -0.05) is 6.07 Å². The van der Waals surface area contributed by atoms with Crippen molar-refractivity contribution in [2.24, 2.45) is 23.2 Å². The summed E-state index contributed by atoms with van der Waals surface area (Å²) in [7, 11) is 0. The zero-order chi connectivity index (χ0) is 16.2. The van der Waals surface area contributed by atoms with E-state index in [4.69, 9.17) is 0 Å². The van der Waals surface area contributed by atoms with E-state index in [1.807, 2.05) is 12.1 Å². The molecule has 4 fully saturated rings. The Morgan fingerprint density at radius 3 is 2.26 bits per heavy atom. The molecule has 0 aliphatic heterocycles. The van der Waals surface area contributed by atoms with E-state index in [0.717, 1.165) is 33.9 Å². The van der Waals surface area contributed by atoms with Crippen LogP contribution in [0.3, 0.4) is 0 Å². The fourth-order valence-electron chi connectivity index (χ4n) is 6.08. The molecule has 1 atom stereocenters. The number of rotatable bonds is 4. The molecule has 4 aliphatic carbocycles. The van der Waals surface area contributed by atoms with Crippen LogP contribution in [0.25, 0.3) is 0 Å². The van der Waals surface area contributed by atoms with E-state index in [9.17, 15) is 5.21 Å². The van der Waals surface area contributed by atoms with Crippen LogP contribution >= 0.6 is 0 Å². The van der Waals surface area contributed by atoms with E-state index < -0.39 is 0 Å². The van der Waals surface area contributed by atoms with Gasteiger partial charge >= 0.3 is 0 Å². The number of anilines is 1. The summed E-state index contributed by atoms with van der Waals surface area (Å²) in [4.78, 5) is 0. The molecule has 23 heavy (non-hydrogen) atoms. The van der Waals surface area contributed by atoms with Crippen LogP contribution in [0.4, 0.5) is 11.4 Å². The molecule has 4 bridgehead atoms. The molecule has 4 saturated carbocycles. The topological polar surface area (TPSA) is 35.3 Å². The monoisotopic (exact) mass is 313 g/mol. The van der Waals surface area contributed by atoms with Gasteiger partial charge in [0.05, 0.1) is 0 Å². The number of nitrogens with one attached hydrogen (secondary N) is 1. The molecule has 3 nitrogen and oxygen atoms in total. The van der Waals surface area contributed by atoms with Crippen LogP contribution < -0.4 is 5.32 Å². The normalized spacial score (nSPS) is 36.0. The minimum absolute atomic E-state index is 0.441. The van der Waals surface area contributed by atoms with Crippen LogP contribution in [-0.4, -0.2) is 22.7 Å². The van der Waals surface area contributed by atoms with E-state index in [1.54, 1.807) is 0 Å². The molecule has 3 heteroatoms. The third-order valence-corrected chi connectivity index (χ3v) is 6.81. The third-order valence-electron chi connectivity index (χ3n) is 6.81. The molecule has 0 saturated heterocycles. The van der Waals surface area contributed by atoms with E-state index >= 15 is 0 Å². The van der Waals surface area contributed by atoms with Gasteiger partial charge in [0.1, 0.15) is 5.69 Å². The molecule has 2 N–H and O–H groups in total. The maximum absolute atomic E-state index is 9.82. The smallest absolute Gasteiger partial charge is 0.279 e. The molecule has 124 valence electrons. The fraction of sp³-hybridized carbons (Fsp3) is 0.650. The van der Waals surface area contributed by atoms with Gasteiger partial charge in [-0.15, -0.1) is 0 Å². The number of hydrogen-bond donors (Lipinski definition) is 2. The maximum atomic E-state index is 9.82. The second-order valence-electron chi connectivity index (χ2n) is 8.57. The summed E-state index contributed by atoms with van der Waals surface area (Å²) < 4.78 is 0.980. The van der Waals surface area contributed by atoms with Gasteiger partial charge < -0.3 is 5.32 Å². The van der Waals surface area contributed by atoms with Gasteiger partial charge in [0.15, 0.2) is 6.72 Å². The van der Waals surface area contributed by atoms with Gasteiger partial charge in [0.2, 0.25) is 0 Å². The number of benzene rings is 1. The van der Waals surface area contributed by atoms with E-state index in [1.165, 1.54) is 44.1 Å². The standard InChI is InChI=1S/C20H29N2O/c1-13-4-5-19(22(3)23)18(6-13)21-14(2)20-10-15-7-16(11-20)9-17(8-15)12-20/h4-6,14-17,21,23H,3,7-12H2,1-2H3/q+1. The van der Waals surface area contributed by atoms with Crippen molar-refractivity contribution in [2.45, 2.75) is 58.4 Å². The van der Waals surface area contributed by atoms with Crippen LogP contribution in [0.1, 0.15) is 51.0 Å². The lowest BCUT2D eigenvalue weighted by molar-refractivity contribution is -0.705. The molecule has 0 radical (unpaired) electrons. The Morgan fingerprint density at radius 2 is 1.74 bits per heavy atom. The SMILES string of the molecule is C=[N+](O)c1ccc(C)cc1NC(C)C12CC3CC(CC(C3)C1)C2. The second kappa shape index (κ2) is 5.25. The Labute approximate surface area is 139 Å². The van der Waals surface area contributed by atoms with Crippen LogP contribution in [0.15, 0.2) is 18.2 Å². The number of aryl methyl sites for hydroxylation is 1. The van der Waals surface area contributed by atoms with Gasteiger partial charge in [0, 0.05) is 16.8 Å². The van der Waals surface area contributed by atoms with Crippen molar-refractivity contribution in [3.05, 3.63) is 23.8 Å². The van der Waals surface area contributed by atoms with Gasteiger partial charge in [-0.25, -0.2) is 0 Å². The Morgan fingerprint density at radius 1 is 1.17 bits per heavy atom. The first-order valence-electron chi connectivity index (χ1n) is 9.12. The van der Waals surface area contributed by atoms with Crippen LogP contribution in [-0.2, 0) is 0 Å². The summed E-state index contributed by atoms with van der Waals surface area (Å²) in [5.74, 6) is 2.89. The lowest BCUT2D eigenvalue weighted by Crippen LogP contribution is -2.52. The average Bonchev–Trinajstić information content (AvgIpc) is 2.45. The summed E-state index contributed by atoms with van der Waals surface area (Å²) >= 11 is 0.